The van der Waals surface area contributed by atoms with Crippen LogP contribution in [-0.4, -0.2) is 14.5 Å². The van der Waals surface area contributed by atoms with Crippen molar-refractivity contribution >= 4 is 0 Å². The summed E-state index contributed by atoms with van der Waals surface area (Å²) in [4.78, 5) is 7.98. The lowest BCUT2D eigenvalue weighted by Crippen LogP contribution is -1.98. The molecule has 3 nitrogen and oxygen atoms in total. The molecule has 0 N–H and O–H groups in total. The highest BCUT2D eigenvalue weighted by atomic mass is 15.0. The lowest BCUT2D eigenvalue weighted by molar-refractivity contribution is 0.776. The van der Waals surface area contributed by atoms with Gasteiger partial charge in [-0.2, -0.15) is 0 Å². The first kappa shape index (κ1) is 7.03. The molecule has 2 rings (SSSR count). The zero-order valence-corrected chi connectivity index (χ0v) is 6.59. The standard InChI is InChI=1S/C9H9N3/c1-2-6-12(5-1)7-9-3-4-10-8-11-9/h1-6,8H,7H2. The van der Waals surface area contributed by atoms with E-state index in [2.05, 4.69) is 14.5 Å². The molecule has 0 unspecified atom stereocenters. The van der Waals surface area contributed by atoms with Gasteiger partial charge in [-0.3, -0.25) is 0 Å². The Balaban J connectivity index is 2.15. The molecule has 0 bridgehead atoms. The van der Waals surface area contributed by atoms with E-state index in [0.717, 1.165) is 12.2 Å². The normalized spacial score (nSPS) is 10.0. The van der Waals surface area contributed by atoms with Crippen LogP contribution in [0.5, 0.6) is 0 Å². The van der Waals surface area contributed by atoms with Gasteiger partial charge >= 0.3 is 0 Å². The van der Waals surface area contributed by atoms with Crippen molar-refractivity contribution in [2.45, 2.75) is 6.54 Å². The maximum Gasteiger partial charge on any atom is 0.115 e. The average molecular weight is 159 g/mol. The molecular weight excluding hydrogens is 150 g/mol. The second-order valence-corrected chi connectivity index (χ2v) is 2.56. The first-order chi connectivity index (χ1) is 5.95. The molecule has 0 amide bonds. The Bertz CT molecular complexity index is 326. The van der Waals surface area contributed by atoms with Crippen LogP contribution in [0.4, 0.5) is 0 Å². The minimum absolute atomic E-state index is 0.815. The van der Waals surface area contributed by atoms with Crippen LogP contribution in [0.1, 0.15) is 5.69 Å². The lowest BCUT2D eigenvalue weighted by atomic mass is 10.4. The highest BCUT2D eigenvalue weighted by molar-refractivity contribution is 5.01. The summed E-state index contributed by atoms with van der Waals surface area (Å²) in [6, 6.07) is 5.92. The summed E-state index contributed by atoms with van der Waals surface area (Å²) < 4.78 is 2.07. The summed E-state index contributed by atoms with van der Waals surface area (Å²) in [5, 5.41) is 0. The van der Waals surface area contributed by atoms with Crippen molar-refractivity contribution in [3.8, 4) is 0 Å². The van der Waals surface area contributed by atoms with E-state index in [1.807, 2.05) is 30.6 Å². The third-order valence-electron chi connectivity index (χ3n) is 1.65. The van der Waals surface area contributed by atoms with Crippen LogP contribution in [0.15, 0.2) is 43.1 Å². The zero-order chi connectivity index (χ0) is 8.23. The molecule has 0 aromatic carbocycles. The van der Waals surface area contributed by atoms with Crippen molar-refractivity contribution in [1.82, 2.24) is 14.5 Å². The van der Waals surface area contributed by atoms with Crippen LogP contribution < -0.4 is 0 Å². The van der Waals surface area contributed by atoms with Gasteiger partial charge < -0.3 is 4.57 Å². The van der Waals surface area contributed by atoms with Crippen LogP contribution in [0, 0.1) is 0 Å². The predicted octanol–water partition coefficient (Wildman–Crippen LogP) is 1.33. The van der Waals surface area contributed by atoms with Crippen molar-refractivity contribution in [1.29, 1.82) is 0 Å². The molecule has 0 atom stereocenters. The second-order valence-electron chi connectivity index (χ2n) is 2.56. The monoisotopic (exact) mass is 159 g/mol. The van der Waals surface area contributed by atoms with Crippen LogP contribution in [0.3, 0.4) is 0 Å². The summed E-state index contributed by atoms with van der Waals surface area (Å²) >= 11 is 0. The summed E-state index contributed by atoms with van der Waals surface area (Å²) in [6.45, 7) is 0.815. The predicted molar refractivity (Wildman–Crippen MR) is 45.6 cm³/mol. The van der Waals surface area contributed by atoms with Crippen LogP contribution in [-0.2, 0) is 6.54 Å². The molecule has 2 aromatic rings. The molecule has 0 spiro atoms. The molecular formula is C9H9N3. The number of hydrogen-bond donors (Lipinski definition) is 0. The topological polar surface area (TPSA) is 30.7 Å². The fourth-order valence-corrected chi connectivity index (χ4v) is 1.07. The number of nitrogens with zero attached hydrogens (tertiary/aromatic N) is 3. The molecule has 2 heterocycles. The van der Waals surface area contributed by atoms with Gasteiger partial charge in [0.1, 0.15) is 6.33 Å². The molecule has 0 aliphatic rings. The number of hydrogen-bond acceptors (Lipinski definition) is 2. The summed E-state index contributed by atoms with van der Waals surface area (Å²) in [6.07, 6.45) is 7.36. The Morgan fingerprint density at radius 2 is 2.08 bits per heavy atom. The van der Waals surface area contributed by atoms with Gasteiger partial charge in [-0.1, -0.05) is 0 Å². The van der Waals surface area contributed by atoms with E-state index in [0.29, 0.717) is 0 Å². The molecule has 60 valence electrons. The Labute approximate surface area is 70.7 Å². The van der Waals surface area contributed by atoms with Gasteiger partial charge in [0.2, 0.25) is 0 Å². The lowest BCUT2D eigenvalue weighted by Gasteiger charge is -1.99. The van der Waals surface area contributed by atoms with Crippen LogP contribution in [0.25, 0.3) is 0 Å². The minimum atomic E-state index is 0.815. The van der Waals surface area contributed by atoms with Crippen molar-refractivity contribution in [2.75, 3.05) is 0 Å². The van der Waals surface area contributed by atoms with E-state index in [1.165, 1.54) is 0 Å². The first-order valence-electron chi connectivity index (χ1n) is 3.81. The Morgan fingerprint density at radius 1 is 1.25 bits per heavy atom. The highest BCUT2D eigenvalue weighted by Gasteiger charge is 1.92. The van der Waals surface area contributed by atoms with Crippen molar-refractivity contribution in [3.05, 3.63) is 48.8 Å². The number of aromatic nitrogens is 3. The average Bonchev–Trinajstić information content (AvgIpc) is 2.59. The summed E-state index contributed by atoms with van der Waals surface area (Å²) in [7, 11) is 0. The molecule has 0 saturated heterocycles. The zero-order valence-electron chi connectivity index (χ0n) is 6.59. The maximum absolute atomic E-state index is 4.12. The van der Waals surface area contributed by atoms with E-state index >= 15 is 0 Å². The van der Waals surface area contributed by atoms with Gasteiger partial charge in [0, 0.05) is 18.6 Å². The Kier molecular flexibility index (Phi) is 1.86. The van der Waals surface area contributed by atoms with Crippen molar-refractivity contribution in [3.63, 3.8) is 0 Å². The highest BCUT2D eigenvalue weighted by Crippen LogP contribution is 1.97. The Morgan fingerprint density at radius 3 is 2.75 bits per heavy atom. The molecule has 2 aromatic heterocycles. The fourth-order valence-electron chi connectivity index (χ4n) is 1.07. The smallest absolute Gasteiger partial charge is 0.115 e. The maximum atomic E-state index is 4.12. The largest absolute Gasteiger partial charge is 0.348 e. The molecule has 0 aliphatic heterocycles. The van der Waals surface area contributed by atoms with Crippen molar-refractivity contribution in [2.24, 2.45) is 0 Å². The van der Waals surface area contributed by atoms with Gasteiger partial charge in [0.05, 0.1) is 12.2 Å². The van der Waals surface area contributed by atoms with E-state index in [-0.39, 0.29) is 0 Å². The van der Waals surface area contributed by atoms with Gasteiger partial charge in [-0.05, 0) is 18.2 Å². The van der Waals surface area contributed by atoms with E-state index in [1.54, 1.807) is 12.5 Å². The SMILES string of the molecule is c1ccn(Cc2ccncn2)c1. The van der Waals surface area contributed by atoms with E-state index < -0.39 is 0 Å². The molecule has 12 heavy (non-hydrogen) atoms. The fraction of sp³-hybridized carbons (Fsp3) is 0.111. The van der Waals surface area contributed by atoms with E-state index in [9.17, 15) is 0 Å². The van der Waals surface area contributed by atoms with E-state index in [4.69, 9.17) is 0 Å². The summed E-state index contributed by atoms with van der Waals surface area (Å²) in [5.41, 5.74) is 1.03. The van der Waals surface area contributed by atoms with Gasteiger partial charge in [-0.25, -0.2) is 9.97 Å². The van der Waals surface area contributed by atoms with Crippen LogP contribution in [0.2, 0.25) is 0 Å². The Hall–Kier alpha value is -1.64. The second kappa shape index (κ2) is 3.17. The molecule has 0 saturated carbocycles. The van der Waals surface area contributed by atoms with Gasteiger partial charge in [0.25, 0.3) is 0 Å². The molecule has 0 radical (unpaired) electrons. The first-order valence-corrected chi connectivity index (χ1v) is 3.81. The number of rotatable bonds is 2. The third-order valence-corrected chi connectivity index (χ3v) is 1.65. The molecule has 0 fully saturated rings. The van der Waals surface area contributed by atoms with Gasteiger partial charge in [-0.15, -0.1) is 0 Å². The van der Waals surface area contributed by atoms with Crippen molar-refractivity contribution < 1.29 is 0 Å². The molecule has 3 heteroatoms. The summed E-state index contributed by atoms with van der Waals surface area (Å²) in [5.74, 6) is 0. The van der Waals surface area contributed by atoms with Gasteiger partial charge in [0.15, 0.2) is 0 Å². The van der Waals surface area contributed by atoms with Crippen LogP contribution >= 0.6 is 0 Å². The quantitative estimate of drug-likeness (QED) is 0.661. The minimum Gasteiger partial charge on any atom is -0.348 e. The molecule has 0 aliphatic carbocycles. The third kappa shape index (κ3) is 1.50.